The zero-order chi connectivity index (χ0) is 14.6. The van der Waals surface area contributed by atoms with Gasteiger partial charge in [0.15, 0.2) is 0 Å². The molecule has 0 radical (unpaired) electrons. The highest BCUT2D eigenvalue weighted by atomic mass is 32.2. The standard InChI is InChI=1S/C12H17NO5S/c1-13(6-7-19(3,16)17)12(15)10-5-4-9(18-2)8-11(10)14/h4-5,8,14H,6-7H2,1-3H3. The second-order valence-corrected chi connectivity index (χ2v) is 6.50. The van der Waals surface area contributed by atoms with E-state index in [4.69, 9.17) is 4.74 Å². The summed E-state index contributed by atoms with van der Waals surface area (Å²) in [5.41, 5.74) is 0.108. The van der Waals surface area contributed by atoms with E-state index in [9.17, 15) is 18.3 Å². The zero-order valence-electron chi connectivity index (χ0n) is 11.1. The molecule has 0 saturated heterocycles. The average Bonchev–Trinajstić information content (AvgIpc) is 2.34. The van der Waals surface area contributed by atoms with E-state index >= 15 is 0 Å². The van der Waals surface area contributed by atoms with Crippen LogP contribution in [0.1, 0.15) is 10.4 Å². The number of hydrogen-bond acceptors (Lipinski definition) is 5. The predicted octanol–water partition coefficient (Wildman–Crippen LogP) is 0.517. The summed E-state index contributed by atoms with van der Waals surface area (Å²) in [4.78, 5) is 13.3. The third-order valence-electron chi connectivity index (χ3n) is 2.58. The number of sulfone groups is 1. The van der Waals surface area contributed by atoms with Crippen molar-refractivity contribution in [2.24, 2.45) is 0 Å². The molecule has 0 unspecified atom stereocenters. The monoisotopic (exact) mass is 287 g/mol. The Morgan fingerprint density at radius 1 is 1.42 bits per heavy atom. The number of hydrogen-bond donors (Lipinski definition) is 1. The van der Waals surface area contributed by atoms with E-state index in [0.29, 0.717) is 5.75 Å². The number of carbonyl (C=O) groups is 1. The molecule has 7 heteroatoms. The molecule has 0 aliphatic heterocycles. The Morgan fingerprint density at radius 3 is 2.53 bits per heavy atom. The van der Waals surface area contributed by atoms with Crippen LogP contribution in [0.3, 0.4) is 0 Å². The number of phenolic OH excluding ortho intramolecular Hbond substituents is 1. The normalized spacial score (nSPS) is 11.1. The molecule has 19 heavy (non-hydrogen) atoms. The molecular formula is C12H17NO5S. The van der Waals surface area contributed by atoms with Gasteiger partial charge in [-0.2, -0.15) is 0 Å². The molecule has 0 spiro atoms. The van der Waals surface area contributed by atoms with Gasteiger partial charge < -0.3 is 14.7 Å². The fourth-order valence-electron chi connectivity index (χ4n) is 1.43. The van der Waals surface area contributed by atoms with Crippen molar-refractivity contribution in [3.8, 4) is 11.5 Å². The molecule has 0 saturated carbocycles. The van der Waals surface area contributed by atoms with Gasteiger partial charge in [0.2, 0.25) is 0 Å². The minimum atomic E-state index is -3.13. The van der Waals surface area contributed by atoms with Crippen molar-refractivity contribution in [1.29, 1.82) is 0 Å². The third-order valence-corrected chi connectivity index (χ3v) is 3.50. The number of amides is 1. The molecule has 1 rings (SSSR count). The van der Waals surface area contributed by atoms with E-state index in [0.717, 1.165) is 6.26 Å². The molecular weight excluding hydrogens is 270 g/mol. The molecule has 0 heterocycles. The van der Waals surface area contributed by atoms with Crippen molar-refractivity contribution in [3.63, 3.8) is 0 Å². The molecule has 1 N–H and O–H groups in total. The van der Waals surface area contributed by atoms with Crippen molar-refractivity contribution < 1.29 is 23.1 Å². The lowest BCUT2D eigenvalue weighted by Gasteiger charge is -2.17. The quantitative estimate of drug-likeness (QED) is 0.853. The molecule has 1 aromatic carbocycles. The first-order valence-electron chi connectivity index (χ1n) is 5.55. The molecule has 106 valence electrons. The molecule has 0 bridgehead atoms. The number of ether oxygens (including phenoxy) is 1. The first kappa shape index (κ1) is 15.3. The largest absolute Gasteiger partial charge is 0.507 e. The molecule has 0 aliphatic rings. The van der Waals surface area contributed by atoms with Crippen LogP contribution < -0.4 is 4.74 Å². The lowest BCUT2D eigenvalue weighted by atomic mass is 10.1. The van der Waals surface area contributed by atoms with E-state index < -0.39 is 15.7 Å². The van der Waals surface area contributed by atoms with Crippen molar-refractivity contribution in [1.82, 2.24) is 4.90 Å². The van der Waals surface area contributed by atoms with Gasteiger partial charge in [-0.1, -0.05) is 0 Å². The summed E-state index contributed by atoms with van der Waals surface area (Å²) in [6.07, 6.45) is 1.11. The molecule has 1 amide bonds. The van der Waals surface area contributed by atoms with Gasteiger partial charge in [0, 0.05) is 25.9 Å². The minimum absolute atomic E-state index is 0.0726. The SMILES string of the molecule is COc1ccc(C(=O)N(C)CCS(C)(=O)=O)c(O)c1. The summed E-state index contributed by atoms with van der Waals surface area (Å²) in [5, 5.41) is 9.72. The van der Waals surface area contributed by atoms with E-state index in [-0.39, 0.29) is 23.6 Å². The van der Waals surface area contributed by atoms with Crippen LogP contribution in [0.25, 0.3) is 0 Å². The average molecular weight is 287 g/mol. The highest BCUT2D eigenvalue weighted by Crippen LogP contribution is 2.24. The maximum absolute atomic E-state index is 12.0. The van der Waals surface area contributed by atoms with Gasteiger partial charge in [-0.15, -0.1) is 0 Å². The summed E-state index contributed by atoms with van der Waals surface area (Å²) < 4.78 is 27.0. The zero-order valence-corrected chi connectivity index (χ0v) is 11.9. The molecule has 0 fully saturated rings. The lowest BCUT2D eigenvalue weighted by Crippen LogP contribution is -2.31. The van der Waals surface area contributed by atoms with Crippen LogP contribution in [0.2, 0.25) is 0 Å². The maximum atomic E-state index is 12.0. The highest BCUT2D eigenvalue weighted by molar-refractivity contribution is 7.90. The molecule has 1 aromatic rings. The number of phenols is 1. The van der Waals surface area contributed by atoms with Gasteiger partial charge in [-0.3, -0.25) is 4.79 Å². The summed E-state index contributed by atoms with van der Waals surface area (Å²) in [7, 11) is -0.196. The van der Waals surface area contributed by atoms with Gasteiger partial charge in [0.05, 0.1) is 18.4 Å². The Hall–Kier alpha value is -1.76. The highest BCUT2D eigenvalue weighted by Gasteiger charge is 2.17. The fourth-order valence-corrected chi connectivity index (χ4v) is 2.03. The van der Waals surface area contributed by atoms with Crippen LogP contribution in [-0.2, 0) is 9.84 Å². The number of benzene rings is 1. The smallest absolute Gasteiger partial charge is 0.257 e. The number of rotatable bonds is 5. The van der Waals surface area contributed by atoms with Crippen molar-refractivity contribution in [3.05, 3.63) is 23.8 Å². The van der Waals surface area contributed by atoms with Gasteiger partial charge in [-0.25, -0.2) is 8.42 Å². The van der Waals surface area contributed by atoms with Crippen LogP contribution in [0.15, 0.2) is 18.2 Å². The summed E-state index contributed by atoms with van der Waals surface area (Å²) in [6, 6.07) is 4.32. The number of methoxy groups -OCH3 is 1. The molecule has 6 nitrogen and oxygen atoms in total. The van der Waals surface area contributed by atoms with E-state index in [1.807, 2.05) is 0 Å². The van der Waals surface area contributed by atoms with Gasteiger partial charge in [-0.05, 0) is 12.1 Å². The Balaban J connectivity index is 2.82. The predicted molar refractivity (Wildman–Crippen MR) is 71.3 cm³/mol. The first-order valence-corrected chi connectivity index (χ1v) is 7.61. The maximum Gasteiger partial charge on any atom is 0.257 e. The number of aromatic hydroxyl groups is 1. The number of nitrogens with zero attached hydrogens (tertiary/aromatic N) is 1. The van der Waals surface area contributed by atoms with Crippen molar-refractivity contribution in [2.45, 2.75) is 0 Å². The lowest BCUT2D eigenvalue weighted by molar-refractivity contribution is 0.0800. The van der Waals surface area contributed by atoms with Crippen molar-refractivity contribution in [2.75, 3.05) is 32.7 Å². The third kappa shape index (κ3) is 4.44. The summed E-state index contributed by atoms with van der Waals surface area (Å²) in [6.45, 7) is 0.0726. The van der Waals surface area contributed by atoms with Crippen LogP contribution in [-0.4, -0.2) is 57.0 Å². The Labute approximate surface area is 112 Å². The number of carbonyl (C=O) groups excluding carboxylic acids is 1. The Bertz CT molecular complexity index is 567. The van der Waals surface area contributed by atoms with E-state index in [1.54, 1.807) is 6.07 Å². The van der Waals surface area contributed by atoms with Crippen LogP contribution in [0.5, 0.6) is 11.5 Å². The van der Waals surface area contributed by atoms with E-state index in [2.05, 4.69) is 0 Å². The second-order valence-electron chi connectivity index (χ2n) is 4.24. The van der Waals surface area contributed by atoms with Gasteiger partial charge >= 0.3 is 0 Å². The topological polar surface area (TPSA) is 83.9 Å². The fraction of sp³-hybridized carbons (Fsp3) is 0.417. The summed E-state index contributed by atoms with van der Waals surface area (Å²) >= 11 is 0. The first-order chi connectivity index (χ1) is 8.74. The second kappa shape index (κ2) is 5.92. The van der Waals surface area contributed by atoms with Crippen LogP contribution in [0.4, 0.5) is 0 Å². The molecule has 0 aliphatic carbocycles. The van der Waals surface area contributed by atoms with Gasteiger partial charge in [0.1, 0.15) is 21.3 Å². The summed E-state index contributed by atoms with van der Waals surface area (Å²) in [5.74, 6) is -0.321. The molecule has 0 aromatic heterocycles. The van der Waals surface area contributed by atoms with Crippen LogP contribution in [0, 0.1) is 0 Å². The Morgan fingerprint density at radius 2 is 2.05 bits per heavy atom. The van der Waals surface area contributed by atoms with Crippen molar-refractivity contribution >= 4 is 15.7 Å². The molecule has 0 atom stereocenters. The van der Waals surface area contributed by atoms with E-state index in [1.165, 1.54) is 31.2 Å². The Kier molecular flexibility index (Phi) is 4.77. The van der Waals surface area contributed by atoms with Crippen LogP contribution >= 0.6 is 0 Å². The minimum Gasteiger partial charge on any atom is -0.507 e. The van der Waals surface area contributed by atoms with Gasteiger partial charge in [0.25, 0.3) is 5.91 Å².